The summed E-state index contributed by atoms with van der Waals surface area (Å²) in [4.78, 5) is 15.5. The van der Waals surface area contributed by atoms with Crippen LogP contribution in [-0.2, 0) is 4.79 Å². The van der Waals surface area contributed by atoms with Crippen LogP contribution >= 0.6 is 0 Å². The highest BCUT2D eigenvalue weighted by atomic mass is 16.5. The topological polar surface area (TPSA) is 41.6 Å². The number of nitrogens with one attached hydrogen (secondary N) is 1. The molecule has 1 N–H and O–H groups in total. The number of carbonyl (C=O) groups excluding carboxylic acids is 1. The summed E-state index contributed by atoms with van der Waals surface area (Å²) in [5.41, 5.74) is 2.33. The number of amides is 1. The van der Waals surface area contributed by atoms with Crippen LogP contribution in [0.25, 0.3) is 0 Å². The van der Waals surface area contributed by atoms with Crippen LogP contribution in [-0.4, -0.2) is 32.1 Å². The van der Waals surface area contributed by atoms with Crippen molar-refractivity contribution in [2.45, 2.75) is 45.1 Å². The molecule has 0 aliphatic carbocycles. The summed E-state index contributed by atoms with van der Waals surface area (Å²) in [5, 5.41) is 3.34. The van der Waals surface area contributed by atoms with E-state index in [1.807, 2.05) is 30.3 Å². The van der Waals surface area contributed by atoms with Gasteiger partial charge < -0.3 is 15.0 Å². The van der Waals surface area contributed by atoms with E-state index in [1.165, 1.54) is 5.69 Å². The van der Waals surface area contributed by atoms with Crippen molar-refractivity contribution in [2.75, 3.05) is 25.1 Å². The molecule has 1 aliphatic rings. The summed E-state index contributed by atoms with van der Waals surface area (Å²) in [6.07, 6.45) is 2.93. The maximum atomic E-state index is 13.1. The Hall–Kier alpha value is -2.49. The molecule has 0 radical (unpaired) electrons. The third kappa shape index (κ3) is 4.86. The third-order valence-corrected chi connectivity index (χ3v) is 5.93. The number of carbonyl (C=O) groups is 1. The molecule has 1 fully saturated rings. The normalized spacial score (nSPS) is 17.0. The van der Waals surface area contributed by atoms with Crippen LogP contribution in [0.4, 0.5) is 5.69 Å². The Morgan fingerprint density at radius 1 is 1.11 bits per heavy atom. The zero-order valence-electron chi connectivity index (χ0n) is 17.2. The van der Waals surface area contributed by atoms with Crippen molar-refractivity contribution in [1.29, 1.82) is 0 Å². The van der Waals surface area contributed by atoms with Crippen LogP contribution < -0.4 is 15.0 Å². The van der Waals surface area contributed by atoms with Crippen molar-refractivity contribution in [2.24, 2.45) is 5.92 Å². The summed E-state index contributed by atoms with van der Waals surface area (Å²) in [6, 6.07) is 18.6. The number of methoxy groups -OCH3 is 1. The second kappa shape index (κ2) is 9.63. The van der Waals surface area contributed by atoms with Gasteiger partial charge in [-0.1, -0.05) is 50.6 Å². The second-order valence-corrected chi connectivity index (χ2v) is 7.74. The average Bonchev–Trinajstić information content (AvgIpc) is 2.75. The SMILES string of the molecule is CCC(C)C(C(=O)NC1CCN(c2ccc(OC)cc2)CC1)c1ccccc1. The first-order valence-electron chi connectivity index (χ1n) is 10.4. The fourth-order valence-electron chi connectivity index (χ4n) is 4.00. The minimum Gasteiger partial charge on any atom is -0.497 e. The number of rotatable bonds is 7. The van der Waals surface area contributed by atoms with Gasteiger partial charge in [-0.25, -0.2) is 0 Å². The molecule has 2 atom stereocenters. The molecule has 1 heterocycles. The number of ether oxygens (including phenoxy) is 1. The van der Waals surface area contributed by atoms with E-state index in [9.17, 15) is 4.79 Å². The van der Waals surface area contributed by atoms with Crippen molar-refractivity contribution in [3.05, 3.63) is 60.2 Å². The largest absolute Gasteiger partial charge is 0.497 e. The van der Waals surface area contributed by atoms with E-state index < -0.39 is 0 Å². The van der Waals surface area contributed by atoms with Crippen LogP contribution in [0.3, 0.4) is 0 Å². The Kier molecular flexibility index (Phi) is 6.96. The maximum absolute atomic E-state index is 13.1. The molecule has 4 heteroatoms. The summed E-state index contributed by atoms with van der Waals surface area (Å²) in [7, 11) is 1.69. The number of benzene rings is 2. The molecule has 0 aromatic heterocycles. The van der Waals surface area contributed by atoms with Gasteiger partial charge in [0, 0.05) is 24.8 Å². The lowest BCUT2D eigenvalue weighted by molar-refractivity contribution is -0.124. The minimum atomic E-state index is -0.0779. The van der Waals surface area contributed by atoms with Gasteiger partial charge in [0.05, 0.1) is 13.0 Å². The lowest BCUT2D eigenvalue weighted by atomic mass is 9.84. The summed E-state index contributed by atoms with van der Waals surface area (Å²) in [5.74, 6) is 1.29. The molecule has 28 heavy (non-hydrogen) atoms. The van der Waals surface area contributed by atoms with E-state index in [-0.39, 0.29) is 17.9 Å². The zero-order chi connectivity index (χ0) is 19.9. The van der Waals surface area contributed by atoms with Crippen molar-refractivity contribution >= 4 is 11.6 Å². The molecular formula is C24H32N2O2. The molecule has 0 spiro atoms. The van der Waals surface area contributed by atoms with Gasteiger partial charge in [-0.05, 0) is 48.6 Å². The number of piperidine rings is 1. The van der Waals surface area contributed by atoms with E-state index in [1.54, 1.807) is 7.11 Å². The average molecular weight is 381 g/mol. The Balaban J connectivity index is 1.58. The molecule has 150 valence electrons. The van der Waals surface area contributed by atoms with Gasteiger partial charge >= 0.3 is 0 Å². The van der Waals surface area contributed by atoms with E-state index in [2.05, 4.69) is 48.3 Å². The highest BCUT2D eigenvalue weighted by Crippen LogP contribution is 2.28. The molecule has 3 rings (SSSR count). The van der Waals surface area contributed by atoms with Gasteiger partial charge in [0.1, 0.15) is 5.75 Å². The van der Waals surface area contributed by atoms with Gasteiger partial charge in [0.15, 0.2) is 0 Å². The standard InChI is InChI=1S/C24H32N2O2/c1-4-18(2)23(19-8-6-5-7-9-19)24(27)25-20-14-16-26(17-15-20)21-10-12-22(28-3)13-11-21/h5-13,18,20,23H,4,14-17H2,1-3H3,(H,25,27). The van der Waals surface area contributed by atoms with Crippen LogP contribution in [0.2, 0.25) is 0 Å². The molecule has 0 bridgehead atoms. The second-order valence-electron chi connectivity index (χ2n) is 7.74. The predicted molar refractivity (Wildman–Crippen MR) is 115 cm³/mol. The fourth-order valence-corrected chi connectivity index (χ4v) is 4.00. The van der Waals surface area contributed by atoms with Gasteiger partial charge in [-0.2, -0.15) is 0 Å². The van der Waals surface area contributed by atoms with Crippen molar-refractivity contribution in [1.82, 2.24) is 5.32 Å². The lowest BCUT2D eigenvalue weighted by Crippen LogP contribution is -2.46. The van der Waals surface area contributed by atoms with E-state index in [4.69, 9.17) is 4.74 Å². The van der Waals surface area contributed by atoms with Crippen molar-refractivity contribution in [3.63, 3.8) is 0 Å². The summed E-state index contributed by atoms with van der Waals surface area (Å²) in [6.45, 7) is 6.23. The Morgan fingerprint density at radius 2 is 1.75 bits per heavy atom. The Labute approximate surface area is 168 Å². The highest BCUT2D eigenvalue weighted by Gasteiger charge is 2.29. The van der Waals surface area contributed by atoms with Crippen LogP contribution in [0.15, 0.2) is 54.6 Å². The fraction of sp³-hybridized carbons (Fsp3) is 0.458. The monoisotopic (exact) mass is 380 g/mol. The Bertz CT molecular complexity index is 737. The van der Waals surface area contributed by atoms with Crippen LogP contribution in [0.1, 0.15) is 44.6 Å². The van der Waals surface area contributed by atoms with Gasteiger partial charge in [-0.15, -0.1) is 0 Å². The van der Waals surface area contributed by atoms with Gasteiger partial charge in [0.25, 0.3) is 0 Å². The molecule has 2 aromatic carbocycles. The van der Waals surface area contributed by atoms with Crippen molar-refractivity contribution < 1.29 is 9.53 Å². The van der Waals surface area contributed by atoms with Gasteiger partial charge in [-0.3, -0.25) is 4.79 Å². The summed E-state index contributed by atoms with van der Waals surface area (Å²) < 4.78 is 5.24. The van der Waals surface area contributed by atoms with Crippen LogP contribution in [0.5, 0.6) is 5.75 Å². The smallest absolute Gasteiger partial charge is 0.228 e. The number of anilines is 1. The molecule has 1 saturated heterocycles. The van der Waals surface area contributed by atoms with E-state index >= 15 is 0 Å². The first kappa shape index (κ1) is 20.2. The van der Waals surface area contributed by atoms with Crippen molar-refractivity contribution in [3.8, 4) is 5.75 Å². The maximum Gasteiger partial charge on any atom is 0.228 e. The molecule has 1 aliphatic heterocycles. The van der Waals surface area contributed by atoms with Crippen LogP contribution in [0, 0.1) is 5.92 Å². The molecule has 1 amide bonds. The number of hydrogen-bond acceptors (Lipinski definition) is 3. The first-order valence-corrected chi connectivity index (χ1v) is 10.4. The number of hydrogen-bond donors (Lipinski definition) is 1. The van der Waals surface area contributed by atoms with E-state index in [0.717, 1.165) is 43.7 Å². The summed E-state index contributed by atoms with van der Waals surface area (Å²) >= 11 is 0. The highest BCUT2D eigenvalue weighted by molar-refractivity contribution is 5.84. The molecule has 2 aromatic rings. The lowest BCUT2D eigenvalue weighted by Gasteiger charge is -2.35. The van der Waals surface area contributed by atoms with E-state index in [0.29, 0.717) is 5.92 Å². The third-order valence-electron chi connectivity index (χ3n) is 5.93. The zero-order valence-corrected chi connectivity index (χ0v) is 17.2. The van der Waals surface area contributed by atoms with Gasteiger partial charge in [0.2, 0.25) is 5.91 Å². The minimum absolute atomic E-state index is 0.0779. The molecule has 4 nitrogen and oxygen atoms in total. The molecule has 2 unspecified atom stereocenters. The predicted octanol–water partition coefficient (Wildman–Crippen LogP) is 4.61. The Morgan fingerprint density at radius 3 is 2.32 bits per heavy atom. The first-order chi connectivity index (χ1) is 13.6. The number of nitrogens with zero attached hydrogens (tertiary/aromatic N) is 1. The molecule has 0 saturated carbocycles. The molecular weight excluding hydrogens is 348 g/mol. The quantitative estimate of drug-likeness (QED) is 0.763.